The number of hydrogen-bond donors (Lipinski definition) is 1. The summed E-state index contributed by atoms with van der Waals surface area (Å²) in [5.74, 6) is -0.176. The van der Waals surface area contributed by atoms with Crippen LogP contribution in [0.1, 0.15) is 9.67 Å². The van der Waals surface area contributed by atoms with E-state index in [1.807, 2.05) is 0 Å². The van der Waals surface area contributed by atoms with Crippen LogP contribution in [0.25, 0.3) is 0 Å². The first-order valence-corrected chi connectivity index (χ1v) is 8.15. The van der Waals surface area contributed by atoms with Crippen LogP contribution in [0.2, 0.25) is 0 Å². The van der Waals surface area contributed by atoms with Gasteiger partial charge in [0, 0.05) is 25.5 Å². The van der Waals surface area contributed by atoms with Gasteiger partial charge >= 0.3 is 5.97 Å². The predicted molar refractivity (Wildman–Crippen MR) is 78.7 cm³/mol. The molecule has 0 bridgehead atoms. The van der Waals surface area contributed by atoms with Gasteiger partial charge in [-0.05, 0) is 24.3 Å². The predicted octanol–water partition coefficient (Wildman–Crippen LogP) is 2.49. The summed E-state index contributed by atoms with van der Waals surface area (Å²) in [6, 6.07) is 7.34. The van der Waals surface area contributed by atoms with Gasteiger partial charge in [0.1, 0.15) is 16.4 Å². The van der Waals surface area contributed by atoms with Crippen LogP contribution in [0.5, 0.6) is 11.5 Å². The number of rotatable bonds is 5. The number of sulfonamides is 1. The minimum Gasteiger partial charge on any atom is -0.477 e. The van der Waals surface area contributed by atoms with Crippen molar-refractivity contribution in [2.45, 2.75) is 4.90 Å². The molecule has 0 saturated heterocycles. The van der Waals surface area contributed by atoms with E-state index in [2.05, 4.69) is 0 Å². The van der Waals surface area contributed by atoms with Gasteiger partial charge in [0.15, 0.2) is 0 Å². The zero-order chi connectivity index (χ0) is 15.6. The van der Waals surface area contributed by atoms with Crippen molar-refractivity contribution >= 4 is 27.3 Å². The average molecular weight is 327 g/mol. The molecule has 0 saturated carbocycles. The van der Waals surface area contributed by atoms with Crippen LogP contribution in [0, 0.1) is 0 Å². The molecule has 0 radical (unpaired) electrons. The first kappa shape index (κ1) is 15.5. The van der Waals surface area contributed by atoms with Crippen molar-refractivity contribution in [3.8, 4) is 11.5 Å². The summed E-state index contributed by atoms with van der Waals surface area (Å²) in [4.78, 5) is 11.1. The van der Waals surface area contributed by atoms with Gasteiger partial charge in [-0.1, -0.05) is 0 Å². The molecular weight excluding hydrogens is 314 g/mol. The summed E-state index contributed by atoms with van der Waals surface area (Å²) in [7, 11) is -0.558. The SMILES string of the molecule is CN(C)S(=O)(=O)c1ccc(Oc2csc(C(=O)O)c2)cc1. The van der Waals surface area contributed by atoms with Crippen LogP contribution in [-0.4, -0.2) is 37.9 Å². The Kier molecular flexibility index (Phi) is 4.31. The first-order chi connectivity index (χ1) is 9.80. The Hall–Kier alpha value is -1.90. The maximum absolute atomic E-state index is 11.9. The van der Waals surface area contributed by atoms with Crippen molar-refractivity contribution in [2.75, 3.05) is 14.1 Å². The molecule has 0 amide bonds. The molecule has 1 aromatic heterocycles. The lowest BCUT2D eigenvalue weighted by atomic mass is 10.3. The number of aromatic carboxylic acids is 1. The summed E-state index contributed by atoms with van der Waals surface area (Å²) in [6.45, 7) is 0. The average Bonchev–Trinajstić information content (AvgIpc) is 2.88. The highest BCUT2D eigenvalue weighted by Crippen LogP contribution is 2.28. The minimum absolute atomic E-state index is 0.163. The highest BCUT2D eigenvalue weighted by atomic mass is 32.2. The minimum atomic E-state index is -3.47. The zero-order valence-electron chi connectivity index (χ0n) is 11.3. The van der Waals surface area contributed by atoms with Gasteiger partial charge in [-0.3, -0.25) is 0 Å². The van der Waals surface area contributed by atoms with Gasteiger partial charge in [0.2, 0.25) is 10.0 Å². The number of benzene rings is 1. The normalized spacial score (nSPS) is 11.6. The molecule has 6 nitrogen and oxygen atoms in total. The Morgan fingerprint density at radius 2 is 1.81 bits per heavy atom. The molecular formula is C13H13NO5S2. The number of thiophene rings is 1. The highest BCUT2D eigenvalue weighted by Gasteiger charge is 2.17. The van der Waals surface area contributed by atoms with Crippen molar-refractivity contribution in [3.05, 3.63) is 40.6 Å². The van der Waals surface area contributed by atoms with Crippen LogP contribution < -0.4 is 4.74 Å². The van der Waals surface area contributed by atoms with E-state index in [0.717, 1.165) is 15.6 Å². The second-order valence-electron chi connectivity index (χ2n) is 4.31. The van der Waals surface area contributed by atoms with Crippen LogP contribution in [-0.2, 0) is 10.0 Å². The van der Waals surface area contributed by atoms with Gasteiger partial charge < -0.3 is 9.84 Å². The summed E-state index contributed by atoms with van der Waals surface area (Å²) >= 11 is 1.06. The molecule has 0 aliphatic heterocycles. The third-order valence-electron chi connectivity index (χ3n) is 2.62. The Balaban J connectivity index is 2.18. The number of nitrogens with zero attached hydrogens (tertiary/aromatic N) is 1. The van der Waals surface area contributed by atoms with Gasteiger partial charge in [-0.15, -0.1) is 11.3 Å². The number of carboxylic acids is 1. The maximum Gasteiger partial charge on any atom is 0.346 e. The van der Waals surface area contributed by atoms with Crippen LogP contribution >= 0.6 is 11.3 Å². The molecule has 1 aromatic carbocycles. The van der Waals surface area contributed by atoms with E-state index in [9.17, 15) is 13.2 Å². The van der Waals surface area contributed by atoms with E-state index in [1.54, 1.807) is 5.38 Å². The third kappa shape index (κ3) is 3.41. The Morgan fingerprint density at radius 3 is 2.29 bits per heavy atom. The summed E-state index contributed by atoms with van der Waals surface area (Å²) in [5.41, 5.74) is 0. The van der Waals surface area contributed by atoms with Crippen LogP contribution in [0.3, 0.4) is 0 Å². The van der Waals surface area contributed by atoms with E-state index >= 15 is 0 Å². The second-order valence-corrected chi connectivity index (χ2v) is 7.38. The fourth-order valence-electron chi connectivity index (χ4n) is 1.51. The lowest BCUT2D eigenvalue weighted by molar-refractivity contribution is 0.0702. The molecule has 8 heteroatoms. The fraction of sp³-hybridized carbons (Fsp3) is 0.154. The number of ether oxygens (including phenoxy) is 1. The first-order valence-electron chi connectivity index (χ1n) is 5.83. The van der Waals surface area contributed by atoms with Crippen molar-refractivity contribution in [1.29, 1.82) is 0 Å². The second kappa shape index (κ2) is 5.84. The fourth-order valence-corrected chi connectivity index (χ4v) is 3.06. The van der Waals surface area contributed by atoms with Gasteiger partial charge in [-0.25, -0.2) is 17.5 Å². The molecule has 112 valence electrons. The van der Waals surface area contributed by atoms with Crippen LogP contribution in [0.15, 0.2) is 40.6 Å². The molecule has 0 aliphatic rings. The quantitative estimate of drug-likeness (QED) is 0.912. The molecule has 2 aromatic rings. The van der Waals surface area contributed by atoms with Gasteiger partial charge in [0.05, 0.1) is 4.90 Å². The van der Waals surface area contributed by atoms with E-state index in [4.69, 9.17) is 9.84 Å². The molecule has 1 heterocycles. The van der Waals surface area contributed by atoms with E-state index < -0.39 is 16.0 Å². The molecule has 0 fully saturated rings. The van der Waals surface area contributed by atoms with Crippen LogP contribution in [0.4, 0.5) is 0 Å². The van der Waals surface area contributed by atoms with Crippen molar-refractivity contribution in [2.24, 2.45) is 0 Å². The zero-order valence-corrected chi connectivity index (χ0v) is 12.9. The van der Waals surface area contributed by atoms with Gasteiger partial charge in [0.25, 0.3) is 0 Å². The van der Waals surface area contributed by atoms with Crippen molar-refractivity contribution in [3.63, 3.8) is 0 Å². The lowest BCUT2D eigenvalue weighted by Crippen LogP contribution is -2.22. The summed E-state index contributed by atoms with van der Waals surface area (Å²) < 4.78 is 30.4. The Labute approximate surface area is 126 Å². The van der Waals surface area contributed by atoms with E-state index in [0.29, 0.717) is 11.5 Å². The summed E-state index contributed by atoms with van der Waals surface area (Å²) in [5, 5.41) is 10.4. The molecule has 0 unspecified atom stereocenters. The van der Waals surface area contributed by atoms with Crippen molar-refractivity contribution < 1.29 is 23.1 Å². The van der Waals surface area contributed by atoms with E-state index in [-0.39, 0.29) is 9.77 Å². The standard InChI is InChI=1S/C13H13NO5S2/c1-14(2)21(17,18)11-5-3-9(4-6-11)19-10-7-12(13(15)16)20-8-10/h3-8H,1-2H3,(H,15,16). The largest absolute Gasteiger partial charge is 0.477 e. The number of carboxylic acid groups (broad SMARTS) is 1. The third-order valence-corrected chi connectivity index (χ3v) is 5.35. The molecule has 0 aliphatic carbocycles. The van der Waals surface area contributed by atoms with E-state index in [1.165, 1.54) is 44.4 Å². The molecule has 0 spiro atoms. The highest BCUT2D eigenvalue weighted by molar-refractivity contribution is 7.89. The molecule has 1 N–H and O–H groups in total. The molecule has 21 heavy (non-hydrogen) atoms. The Morgan fingerprint density at radius 1 is 1.19 bits per heavy atom. The van der Waals surface area contributed by atoms with Crippen molar-refractivity contribution in [1.82, 2.24) is 4.31 Å². The molecule has 2 rings (SSSR count). The topological polar surface area (TPSA) is 83.9 Å². The molecule has 0 atom stereocenters. The lowest BCUT2D eigenvalue weighted by Gasteiger charge is -2.11. The summed E-state index contributed by atoms with van der Waals surface area (Å²) in [6.07, 6.45) is 0. The number of hydrogen-bond acceptors (Lipinski definition) is 5. The Bertz CT molecular complexity index is 747. The number of carbonyl (C=O) groups is 1. The monoisotopic (exact) mass is 327 g/mol. The van der Waals surface area contributed by atoms with Gasteiger partial charge in [-0.2, -0.15) is 0 Å². The maximum atomic E-state index is 11.9. The smallest absolute Gasteiger partial charge is 0.346 e.